The Hall–Kier alpha value is -3.65. The predicted octanol–water partition coefficient (Wildman–Crippen LogP) is 6.94. The lowest BCUT2D eigenvalue weighted by Crippen LogP contribution is -1.94. The third-order valence-electron chi connectivity index (χ3n) is 5.39. The number of pyridine rings is 1. The first-order valence-corrected chi connectivity index (χ1v) is 9.84. The molecule has 5 aromatic rings. The molecule has 2 heteroatoms. The Kier molecular flexibility index (Phi) is 4.45. The Balaban J connectivity index is 1.43. The summed E-state index contributed by atoms with van der Waals surface area (Å²) in [5, 5.41) is 2.42. The molecule has 4 aromatic carbocycles. The van der Waals surface area contributed by atoms with E-state index < -0.39 is 0 Å². The van der Waals surface area contributed by atoms with Crippen LogP contribution in [0.15, 0.2) is 97.1 Å². The minimum Gasteiger partial charge on any atom is -0.489 e. The zero-order chi connectivity index (χ0) is 19.6. The molecule has 1 heterocycles. The van der Waals surface area contributed by atoms with Gasteiger partial charge in [0, 0.05) is 10.8 Å². The lowest BCUT2D eigenvalue weighted by atomic mass is 9.99. The van der Waals surface area contributed by atoms with Crippen molar-refractivity contribution < 1.29 is 4.74 Å². The van der Waals surface area contributed by atoms with Crippen molar-refractivity contribution in [3.63, 3.8) is 0 Å². The van der Waals surface area contributed by atoms with Gasteiger partial charge in [0.2, 0.25) is 0 Å². The van der Waals surface area contributed by atoms with E-state index in [1.54, 1.807) is 0 Å². The molecular formula is C27H21NO. The number of hydrogen-bond acceptors (Lipinski definition) is 2. The number of benzene rings is 4. The van der Waals surface area contributed by atoms with Gasteiger partial charge in [-0.25, -0.2) is 4.98 Å². The van der Waals surface area contributed by atoms with Crippen molar-refractivity contribution in [1.29, 1.82) is 0 Å². The molecule has 2 nitrogen and oxygen atoms in total. The molecule has 1 aromatic heterocycles. The number of nitrogens with zero attached hydrogens (tertiary/aromatic N) is 1. The molecule has 0 fully saturated rings. The summed E-state index contributed by atoms with van der Waals surface area (Å²) in [5.74, 6) is 0.873. The van der Waals surface area contributed by atoms with E-state index >= 15 is 0 Å². The van der Waals surface area contributed by atoms with Crippen molar-refractivity contribution in [3.05, 3.63) is 108 Å². The highest BCUT2D eigenvalue weighted by atomic mass is 16.5. The van der Waals surface area contributed by atoms with Crippen LogP contribution < -0.4 is 4.74 Å². The van der Waals surface area contributed by atoms with Crippen LogP contribution in [0.1, 0.15) is 11.1 Å². The van der Waals surface area contributed by atoms with E-state index in [0.717, 1.165) is 27.9 Å². The van der Waals surface area contributed by atoms with Gasteiger partial charge in [-0.05, 0) is 53.4 Å². The summed E-state index contributed by atoms with van der Waals surface area (Å²) >= 11 is 0. The van der Waals surface area contributed by atoms with Gasteiger partial charge < -0.3 is 4.74 Å². The fourth-order valence-electron chi connectivity index (χ4n) is 3.77. The number of fused-ring (bicyclic) bond motifs is 2. The topological polar surface area (TPSA) is 22.1 Å². The second kappa shape index (κ2) is 7.40. The van der Waals surface area contributed by atoms with Gasteiger partial charge in [0.05, 0.1) is 11.0 Å². The molecular weight excluding hydrogens is 354 g/mol. The Morgan fingerprint density at radius 1 is 0.655 bits per heavy atom. The summed E-state index contributed by atoms with van der Waals surface area (Å²) in [6, 6.07) is 33.3. The minimum absolute atomic E-state index is 0.576. The third-order valence-corrected chi connectivity index (χ3v) is 5.39. The van der Waals surface area contributed by atoms with E-state index in [-0.39, 0.29) is 0 Å². The Bertz CT molecular complexity index is 1290. The third kappa shape index (κ3) is 3.45. The summed E-state index contributed by atoms with van der Waals surface area (Å²) in [6.45, 7) is 2.75. The van der Waals surface area contributed by atoms with Gasteiger partial charge in [0.1, 0.15) is 12.4 Å². The fraction of sp³-hybridized carbons (Fsp3) is 0.0741. The average molecular weight is 375 g/mol. The first-order chi connectivity index (χ1) is 14.3. The molecule has 0 bridgehead atoms. The lowest BCUT2D eigenvalue weighted by Gasteiger charge is -2.10. The highest BCUT2D eigenvalue weighted by Gasteiger charge is 2.07. The van der Waals surface area contributed by atoms with Crippen LogP contribution >= 0.6 is 0 Å². The maximum absolute atomic E-state index is 5.90. The molecule has 0 atom stereocenters. The molecule has 29 heavy (non-hydrogen) atoms. The minimum atomic E-state index is 0.576. The lowest BCUT2D eigenvalue weighted by molar-refractivity contribution is 0.306. The maximum Gasteiger partial charge on any atom is 0.119 e. The Morgan fingerprint density at radius 2 is 1.34 bits per heavy atom. The van der Waals surface area contributed by atoms with Crippen LogP contribution in [0.3, 0.4) is 0 Å². The molecule has 0 spiro atoms. The zero-order valence-corrected chi connectivity index (χ0v) is 16.3. The molecule has 0 aliphatic carbocycles. The first kappa shape index (κ1) is 17.4. The molecule has 0 unspecified atom stereocenters. The van der Waals surface area contributed by atoms with Crippen LogP contribution in [0.2, 0.25) is 0 Å². The van der Waals surface area contributed by atoms with Crippen LogP contribution in [0.4, 0.5) is 0 Å². The van der Waals surface area contributed by atoms with Gasteiger partial charge in [-0.15, -0.1) is 0 Å². The fourth-order valence-corrected chi connectivity index (χ4v) is 3.77. The van der Waals surface area contributed by atoms with E-state index in [2.05, 4.69) is 67.6 Å². The number of rotatable bonds is 4. The second-order valence-corrected chi connectivity index (χ2v) is 7.28. The molecule has 5 rings (SSSR count). The average Bonchev–Trinajstić information content (AvgIpc) is 2.79. The second-order valence-electron chi connectivity index (χ2n) is 7.28. The SMILES string of the molecule is Cc1c2ccccc2nc2cc(-c3ccc(OCc4ccccc4)cc3)ccc12. The summed E-state index contributed by atoms with van der Waals surface area (Å²) in [4.78, 5) is 4.88. The van der Waals surface area contributed by atoms with E-state index in [9.17, 15) is 0 Å². The van der Waals surface area contributed by atoms with Crippen molar-refractivity contribution in [2.24, 2.45) is 0 Å². The van der Waals surface area contributed by atoms with Crippen LogP contribution in [-0.2, 0) is 6.61 Å². The van der Waals surface area contributed by atoms with Crippen molar-refractivity contribution in [1.82, 2.24) is 4.98 Å². The van der Waals surface area contributed by atoms with Crippen molar-refractivity contribution in [2.45, 2.75) is 13.5 Å². The predicted molar refractivity (Wildman–Crippen MR) is 120 cm³/mol. The first-order valence-electron chi connectivity index (χ1n) is 9.84. The number of hydrogen-bond donors (Lipinski definition) is 0. The number of aromatic nitrogens is 1. The molecule has 0 radical (unpaired) electrons. The number of ether oxygens (including phenoxy) is 1. The van der Waals surface area contributed by atoms with E-state index in [0.29, 0.717) is 6.61 Å². The van der Waals surface area contributed by atoms with Crippen molar-refractivity contribution in [3.8, 4) is 16.9 Å². The zero-order valence-electron chi connectivity index (χ0n) is 16.3. The Labute approximate surface area is 170 Å². The summed E-state index contributed by atoms with van der Waals surface area (Å²) in [5.41, 5.74) is 6.84. The largest absolute Gasteiger partial charge is 0.489 e. The van der Waals surface area contributed by atoms with E-state index in [1.165, 1.54) is 21.9 Å². The Morgan fingerprint density at radius 3 is 2.17 bits per heavy atom. The molecule has 0 saturated heterocycles. The molecule has 140 valence electrons. The van der Waals surface area contributed by atoms with Gasteiger partial charge in [-0.1, -0.05) is 72.8 Å². The van der Waals surface area contributed by atoms with Gasteiger partial charge >= 0.3 is 0 Å². The summed E-state index contributed by atoms with van der Waals surface area (Å²) in [7, 11) is 0. The van der Waals surface area contributed by atoms with Crippen LogP contribution in [0.5, 0.6) is 5.75 Å². The molecule has 0 saturated carbocycles. The highest BCUT2D eigenvalue weighted by Crippen LogP contribution is 2.30. The summed E-state index contributed by atoms with van der Waals surface area (Å²) in [6.07, 6.45) is 0. The standard InChI is InChI=1S/C27H21NO/c1-19-24-9-5-6-10-26(24)28-27-17-22(13-16-25(19)27)21-11-14-23(15-12-21)29-18-20-7-3-2-4-8-20/h2-17H,18H2,1H3. The van der Waals surface area contributed by atoms with Crippen molar-refractivity contribution >= 4 is 21.8 Å². The van der Waals surface area contributed by atoms with Gasteiger partial charge in [-0.3, -0.25) is 0 Å². The molecule has 0 amide bonds. The van der Waals surface area contributed by atoms with Crippen LogP contribution in [-0.4, -0.2) is 4.98 Å². The van der Waals surface area contributed by atoms with E-state index in [4.69, 9.17) is 9.72 Å². The molecule has 0 aliphatic heterocycles. The van der Waals surface area contributed by atoms with Crippen LogP contribution in [0.25, 0.3) is 32.9 Å². The molecule has 0 aliphatic rings. The van der Waals surface area contributed by atoms with Gasteiger partial charge in [0.25, 0.3) is 0 Å². The van der Waals surface area contributed by atoms with Crippen LogP contribution in [0, 0.1) is 6.92 Å². The normalized spacial score (nSPS) is 11.1. The maximum atomic E-state index is 5.90. The summed E-state index contributed by atoms with van der Waals surface area (Å²) < 4.78 is 5.90. The van der Waals surface area contributed by atoms with Gasteiger partial charge in [0.15, 0.2) is 0 Å². The number of para-hydroxylation sites is 1. The van der Waals surface area contributed by atoms with E-state index in [1.807, 2.05) is 36.4 Å². The quantitative estimate of drug-likeness (QED) is 0.317. The number of aryl methyl sites for hydroxylation is 1. The highest BCUT2D eigenvalue weighted by molar-refractivity contribution is 5.98. The van der Waals surface area contributed by atoms with Gasteiger partial charge in [-0.2, -0.15) is 0 Å². The van der Waals surface area contributed by atoms with Crippen molar-refractivity contribution in [2.75, 3.05) is 0 Å². The monoisotopic (exact) mass is 375 g/mol. The molecule has 0 N–H and O–H groups in total. The smallest absolute Gasteiger partial charge is 0.119 e.